The normalized spacial score (nSPS) is 15.4. The number of hydrogen-bond acceptors (Lipinski definition) is 7. The van der Waals surface area contributed by atoms with Crippen molar-refractivity contribution in [3.63, 3.8) is 0 Å². The molecule has 1 amide bonds. The fourth-order valence-electron chi connectivity index (χ4n) is 4.22. The summed E-state index contributed by atoms with van der Waals surface area (Å²) in [5, 5.41) is 11.7. The molecular weight excluding hydrogens is 474 g/mol. The highest BCUT2D eigenvalue weighted by molar-refractivity contribution is 7.17. The van der Waals surface area contributed by atoms with Crippen LogP contribution in [0.5, 0.6) is 5.75 Å². The molecule has 0 bridgehead atoms. The second-order valence-electron chi connectivity index (χ2n) is 8.15. The number of amides is 1. The topological polar surface area (TPSA) is 92.6 Å². The van der Waals surface area contributed by atoms with Gasteiger partial charge in [-0.05, 0) is 50.2 Å². The van der Waals surface area contributed by atoms with E-state index >= 15 is 0 Å². The van der Waals surface area contributed by atoms with E-state index in [0.717, 1.165) is 5.56 Å². The second-order valence-corrected chi connectivity index (χ2v) is 9.15. The van der Waals surface area contributed by atoms with Crippen LogP contribution in [0.25, 0.3) is 10.6 Å². The lowest BCUT2D eigenvalue weighted by Gasteiger charge is -2.26. The first kappa shape index (κ1) is 23.4. The van der Waals surface area contributed by atoms with E-state index in [-0.39, 0.29) is 5.57 Å². The number of benzene rings is 2. The van der Waals surface area contributed by atoms with Gasteiger partial charge in [0.15, 0.2) is 5.76 Å². The van der Waals surface area contributed by atoms with Crippen molar-refractivity contribution < 1.29 is 19.4 Å². The molecule has 8 heteroatoms. The molecule has 7 nitrogen and oxygen atoms in total. The molecule has 0 radical (unpaired) electrons. The Morgan fingerprint density at radius 3 is 2.44 bits per heavy atom. The van der Waals surface area contributed by atoms with E-state index in [1.54, 1.807) is 55.6 Å². The summed E-state index contributed by atoms with van der Waals surface area (Å²) in [6.07, 6.45) is 1.60. The molecule has 1 unspecified atom stereocenters. The first-order chi connectivity index (χ1) is 17.5. The molecule has 180 valence electrons. The lowest BCUT2D eigenvalue weighted by atomic mass is 9.98. The van der Waals surface area contributed by atoms with Crippen LogP contribution in [0.4, 0.5) is 5.69 Å². The Morgan fingerprint density at radius 2 is 1.78 bits per heavy atom. The molecule has 2 aromatic heterocycles. The summed E-state index contributed by atoms with van der Waals surface area (Å²) in [4.78, 5) is 38.0. The number of rotatable bonds is 7. The van der Waals surface area contributed by atoms with Gasteiger partial charge in [0.05, 0.1) is 28.4 Å². The van der Waals surface area contributed by atoms with Crippen LogP contribution in [0.3, 0.4) is 0 Å². The van der Waals surface area contributed by atoms with Crippen LogP contribution in [0.15, 0.2) is 90.3 Å². The maximum Gasteiger partial charge on any atom is 0.294 e. The molecule has 36 heavy (non-hydrogen) atoms. The summed E-state index contributed by atoms with van der Waals surface area (Å²) in [6.45, 7) is 4.16. The third-order valence-electron chi connectivity index (χ3n) is 5.87. The predicted molar refractivity (Wildman–Crippen MR) is 138 cm³/mol. The van der Waals surface area contributed by atoms with Crippen molar-refractivity contribution in [2.75, 3.05) is 11.5 Å². The van der Waals surface area contributed by atoms with E-state index in [4.69, 9.17) is 4.74 Å². The number of Topliss-reactive ketones (excluding diaryl/α,β-unsaturated/α-hetero) is 1. The maximum atomic E-state index is 13.9. The molecule has 1 atom stereocenters. The molecule has 1 N–H and O–H groups in total. The quantitative estimate of drug-likeness (QED) is 0.330. The third-order valence-corrected chi connectivity index (χ3v) is 7.08. The largest absolute Gasteiger partial charge is 0.503 e. The van der Waals surface area contributed by atoms with Gasteiger partial charge in [0.1, 0.15) is 16.8 Å². The van der Waals surface area contributed by atoms with Crippen LogP contribution in [-0.2, 0) is 4.79 Å². The fraction of sp³-hybridized carbons (Fsp3) is 0.143. The minimum Gasteiger partial charge on any atom is -0.503 e. The summed E-state index contributed by atoms with van der Waals surface area (Å²) in [5.41, 5.74) is 2.40. The summed E-state index contributed by atoms with van der Waals surface area (Å²) < 4.78 is 5.52. The van der Waals surface area contributed by atoms with Crippen molar-refractivity contribution in [2.24, 2.45) is 0 Å². The molecule has 0 aliphatic carbocycles. The lowest BCUT2D eigenvalue weighted by molar-refractivity contribution is -0.117. The number of thiazole rings is 1. The molecule has 0 fully saturated rings. The van der Waals surface area contributed by atoms with Crippen molar-refractivity contribution in [3.8, 4) is 16.3 Å². The number of anilines is 1. The van der Waals surface area contributed by atoms with Crippen LogP contribution < -0.4 is 9.64 Å². The Bertz CT molecular complexity index is 1450. The SMILES string of the molecule is CCOc1ccc(N2C(=O)C(O)=C(C(=O)c3sc(-c4ccccc4)nc3C)C2c2ccccn2)cc1. The zero-order valence-electron chi connectivity index (χ0n) is 19.7. The van der Waals surface area contributed by atoms with Gasteiger partial charge in [0.2, 0.25) is 5.78 Å². The van der Waals surface area contributed by atoms with Gasteiger partial charge in [0, 0.05) is 17.4 Å². The average Bonchev–Trinajstić information content (AvgIpc) is 3.43. The Hall–Kier alpha value is -4.30. The van der Waals surface area contributed by atoms with Gasteiger partial charge in [-0.2, -0.15) is 0 Å². The van der Waals surface area contributed by atoms with E-state index in [0.29, 0.717) is 39.3 Å². The molecule has 2 aromatic carbocycles. The van der Waals surface area contributed by atoms with Crippen molar-refractivity contribution in [3.05, 3.63) is 107 Å². The minimum atomic E-state index is -0.897. The van der Waals surface area contributed by atoms with Crippen LogP contribution >= 0.6 is 11.3 Å². The van der Waals surface area contributed by atoms with E-state index in [1.807, 2.05) is 37.3 Å². The average molecular weight is 498 g/mol. The second kappa shape index (κ2) is 9.75. The zero-order chi connectivity index (χ0) is 25.2. The van der Waals surface area contributed by atoms with Crippen LogP contribution in [-0.4, -0.2) is 33.4 Å². The molecule has 0 saturated heterocycles. The van der Waals surface area contributed by atoms with Gasteiger partial charge in [-0.1, -0.05) is 36.4 Å². The molecule has 0 saturated carbocycles. The van der Waals surface area contributed by atoms with E-state index in [1.165, 1.54) is 16.2 Å². The van der Waals surface area contributed by atoms with Gasteiger partial charge in [-0.25, -0.2) is 4.98 Å². The van der Waals surface area contributed by atoms with E-state index < -0.39 is 23.5 Å². The van der Waals surface area contributed by atoms with Crippen molar-refractivity contribution >= 4 is 28.7 Å². The highest BCUT2D eigenvalue weighted by Gasteiger charge is 2.46. The number of aromatic nitrogens is 2. The Balaban J connectivity index is 1.59. The summed E-state index contributed by atoms with van der Waals surface area (Å²) >= 11 is 1.24. The number of nitrogens with zero attached hydrogens (tertiary/aromatic N) is 3. The molecule has 3 heterocycles. The highest BCUT2D eigenvalue weighted by atomic mass is 32.1. The molecule has 5 rings (SSSR count). The van der Waals surface area contributed by atoms with Crippen LogP contribution in [0.1, 0.15) is 34.0 Å². The number of aliphatic hydroxyl groups is 1. The van der Waals surface area contributed by atoms with Crippen molar-refractivity contribution in [1.29, 1.82) is 0 Å². The molecule has 1 aliphatic rings. The molecule has 0 spiro atoms. The van der Waals surface area contributed by atoms with E-state index in [9.17, 15) is 14.7 Å². The maximum absolute atomic E-state index is 13.9. The Kier molecular flexibility index (Phi) is 6.35. The standard InChI is InChI=1S/C28H23N3O4S/c1-3-35-20-14-12-19(13-15-20)31-23(21-11-7-8-16-29-21)22(25(33)28(31)34)24(32)26-17(2)30-27(36-26)18-9-5-4-6-10-18/h4-16,23,33H,3H2,1-2H3. The summed E-state index contributed by atoms with van der Waals surface area (Å²) in [5.74, 6) is -1.03. The minimum absolute atomic E-state index is 0.0149. The molecule has 4 aromatic rings. The Labute approximate surface area is 212 Å². The number of pyridine rings is 1. The first-order valence-electron chi connectivity index (χ1n) is 11.5. The predicted octanol–water partition coefficient (Wildman–Crippen LogP) is 5.70. The Morgan fingerprint density at radius 1 is 1.06 bits per heavy atom. The van der Waals surface area contributed by atoms with Gasteiger partial charge >= 0.3 is 0 Å². The summed E-state index contributed by atoms with van der Waals surface area (Å²) in [7, 11) is 0. The van der Waals surface area contributed by atoms with Crippen LogP contribution in [0, 0.1) is 6.92 Å². The number of ether oxygens (including phenoxy) is 1. The number of carbonyl (C=O) groups is 2. The van der Waals surface area contributed by atoms with Crippen molar-refractivity contribution in [1.82, 2.24) is 9.97 Å². The van der Waals surface area contributed by atoms with Crippen molar-refractivity contribution in [2.45, 2.75) is 19.9 Å². The van der Waals surface area contributed by atoms with Gasteiger partial charge in [-0.3, -0.25) is 19.5 Å². The smallest absolute Gasteiger partial charge is 0.294 e. The highest BCUT2D eigenvalue weighted by Crippen LogP contribution is 2.43. The van der Waals surface area contributed by atoms with Gasteiger partial charge < -0.3 is 9.84 Å². The van der Waals surface area contributed by atoms with E-state index in [2.05, 4.69) is 9.97 Å². The number of aliphatic hydroxyl groups excluding tert-OH is 1. The molecule has 1 aliphatic heterocycles. The monoisotopic (exact) mass is 497 g/mol. The summed E-state index contributed by atoms with van der Waals surface area (Å²) in [6, 6.07) is 20.9. The number of carbonyl (C=O) groups excluding carboxylic acids is 2. The third kappa shape index (κ3) is 4.16. The fourth-order valence-corrected chi connectivity index (χ4v) is 5.25. The lowest BCUT2D eigenvalue weighted by Crippen LogP contribution is -2.31. The number of ketones is 1. The number of hydrogen-bond donors (Lipinski definition) is 1. The van der Waals surface area contributed by atoms with Gasteiger partial charge in [0.25, 0.3) is 5.91 Å². The zero-order valence-corrected chi connectivity index (χ0v) is 20.5. The van der Waals surface area contributed by atoms with Crippen LogP contribution in [0.2, 0.25) is 0 Å². The van der Waals surface area contributed by atoms with Gasteiger partial charge in [-0.15, -0.1) is 11.3 Å². The number of aryl methyl sites for hydroxylation is 1. The molecular formula is C28H23N3O4S. The first-order valence-corrected chi connectivity index (χ1v) is 12.3.